The predicted molar refractivity (Wildman–Crippen MR) is 80.4 cm³/mol. The Labute approximate surface area is 116 Å². The fourth-order valence-corrected chi connectivity index (χ4v) is 2.83. The van der Waals surface area contributed by atoms with Gasteiger partial charge in [0.2, 0.25) is 0 Å². The zero-order chi connectivity index (χ0) is 14.0. The second-order valence-electron chi connectivity index (χ2n) is 6.08. The van der Waals surface area contributed by atoms with Gasteiger partial charge in [-0.05, 0) is 48.9 Å². The number of aryl methyl sites for hydroxylation is 1. The van der Waals surface area contributed by atoms with Crippen molar-refractivity contribution in [2.24, 2.45) is 17.6 Å². The lowest BCUT2D eigenvalue weighted by atomic mass is 9.95. The van der Waals surface area contributed by atoms with E-state index in [1.54, 1.807) is 0 Å². The minimum Gasteiger partial charge on any atom is -0.384 e. The zero-order valence-electron chi connectivity index (χ0n) is 12.2. The van der Waals surface area contributed by atoms with Crippen molar-refractivity contribution >= 4 is 5.84 Å². The van der Waals surface area contributed by atoms with Crippen LogP contribution in [-0.4, -0.2) is 23.8 Å². The number of hydrogen-bond acceptors (Lipinski definition) is 2. The molecule has 0 saturated carbocycles. The van der Waals surface area contributed by atoms with Crippen LogP contribution in [0.4, 0.5) is 0 Å². The van der Waals surface area contributed by atoms with Gasteiger partial charge in [0.15, 0.2) is 0 Å². The fourth-order valence-electron chi connectivity index (χ4n) is 2.83. The molecule has 1 fully saturated rings. The number of nitrogen functional groups attached to an aromatic ring is 1. The lowest BCUT2D eigenvalue weighted by Crippen LogP contribution is -2.22. The number of nitrogens with zero attached hydrogens (tertiary/aromatic N) is 1. The highest BCUT2D eigenvalue weighted by molar-refractivity contribution is 5.95. The lowest BCUT2D eigenvalue weighted by Gasteiger charge is -2.19. The number of hydrogen-bond donors (Lipinski definition) is 2. The van der Waals surface area contributed by atoms with Crippen molar-refractivity contribution in [2.45, 2.75) is 33.7 Å². The van der Waals surface area contributed by atoms with E-state index in [0.717, 1.165) is 23.9 Å². The van der Waals surface area contributed by atoms with Crippen LogP contribution in [0.25, 0.3) is 0 Å². The van der Waals surface area contributed by atoms with E-state index >= 15 is 0 Å². The van der Waals surface area contributed by atoms with Gasteiger partial charge in [-0.25, -0.2) is 0 Å². The van der Waals surface area contributed by atoms with Crippen molar-refractivity contribution < 1.29 is 0 Å². The molecule has 0 bridgehead atoms. The quantitative estimate of drug-likeness (QED) is 0.645. The summed E-state index contributed by atoms with van der Waals surface area (Å²) in [6.45, 7) is 10.2. The van der Waals surface area contributed by atoms with Gasteiger partial charge in [-0.1, -0.05) is 26.0 Å². The first-order valence-corrected chi connectivity index (χ1v) is 7.13. The number of nitrogens with two attached hydrogens (primary N) is 1. The van der Waals surface area contributed by atoms with Gasteiger partial charge in [-0.15, -0.1) is 0 Å². The van der Waals surface area contributed by atoms with E-state index in [2.05, 4.69) is 31.7 Å². The summed E-state index contributed by atoms with van der Waals surface area (Å²) in [5.41, 5.74) is 8.94. The number of likely N-dealkylation sites (tertiary alicyclic amines) is 1. The maximum atomic E-state index is 7.47. The molecule has 1 atom stereocenters. The summed E-state index contributed by atoms with van der Waals surface area (Å²) in [5, 5.41) is 7.47. The van der Waals surface area contributed by atoms with E-state index in [4.69, 9.17) is 11.1 Å². The molecular formula is C16H25N3. The minimum atomic E-state index is 0.149. The summed E-state index contributed by atoms with van der Waals surface area (Å²) in [7, 11) is 0. The van der Waals surface area contributed by atoms with Crippen LogP contribution >= 0.6 is 0 Å². The summed E-state index contributed by atoms with van der Waals surface area (Å²) >= 11 is 0. The van der Waals surface area contributed by atoms with Gasteiger partial charge in [-0.2, -0.15) is 0 Å². The van der Waals surface area contributed by atoms with E-state index in [9.17, 15) is 0 Å². The molecule has 0 aliphatic carbocycles. The molecule has 1 aliphatic heterocycles. The second kappa shape index (κ2) is 5.74. The average molecular weight is 259 g/mol. The Hall–Kier alpha value is -1.35. The molecule has 0 amide bonds. The van der Waals surface area contributed by atoms with Crippen molar-refractivity contribution in [3.05, 3.63) is 34.9 Å². The highest BCUT2D eigenvalue weighted by Crippen LogP contribution is 2.25. The number of nitrogens with one attached hydrogen (secondary N) is 1. The summed E-state index contributed by atoms with van der Waals surface area (Å²) in [6.07, 6.45) is 1.32. The molecule has 1 aliphatic rings. The zero-order valence-corrected chi connectivity index (χ0v) is 12.2. The summed E-state index contributed by atoms with van der Waals surface area (Å²) in [6, 6.07) is 6.10. The van der Waals surface area contributed by atoms with Crippen LogP contribution in [0.5, 0.6) is 0 Å². The second-order valence-corrected chi connectivity index (χ2v) is 6.08. The molecule has 2 rings (SSSR count). The SMILES string of the molecule is Cc1cc(C(=N)N)ccc1CN1CCC(C(C)C)C1. The van der Waals surface area contributed by atoms with E-state index in [-0.39, 0.29) is 5.84 Å². The van der Waals surface area contributed by atoms with Gasteiger partial charge in [0.25, 0.3) is 0 Å². The van der Waals surface area contributed by atoms with E-state index in [1.807, 2.05) is 12.1 Å². The molecule has 1 aromatic carbocycles. The van der Waals surface area contributed by atoms with Crippen molar-refractivity contribution in [1.29, 1.82) is 5.41 Å². The average Bonchev–Trinajstić information content (AvgIpc) is 2.80. The minimum absolute atomic E-state index is 0.149. The normalized spacial score (nSPS) is 20.1. The summed E-state index contributed by atoms with van der Waals surface area (Å²) in [4.78, 5) is 2.54. The van der Waals surface area contributed by atoms with Crippen LogP contribution in [0.2, 0.25) is 0 Å². The van der Waals surface area contributed by atoms with E-state index in [1.165, 1.54) is 30.6 Å². The van der Waals surface area contributed by atoms with Gasteiger partial charge in [0.1, 0.15) is 5.84 Å². The molecule has 3 nitrogen and oxygen atoms in total. The summed E-state index contributed by atoms with van der Waals surface area (Å²) in [5.74, 6) is 1.78. The highest BCUT2D eigenvalue weighted by Gasteiger charge is 2.24. The molecule has 1 heterocycles. The van der Waals surface area contributed by atoms with Gasteiger partial charge < -0.3 is 5.73 Å². The number of amidine groups is 1. The van der Waals surface area contributed by atoms with Gasteiger partial charge >= 0.3 is 0 Å². The molecule has 1 aromatic rings. The molecule has 1 saturated heterocycles. The molecule has 1 unspecified atom stereocenters. The number of benzene rings is 1. The molecular weight excluding hydrogens is 234 g/mol. The van der Waals surface area contributed by atoms with Crippen molar-refractivity contribution in [1.82, 2.24) is 4.90 Å². The molecule has 0 aromatic heterocycles. The van der Waals surface area contributed by atoms with E-state index < -0.39 is 0 Å². The van der Waals surface area contributed by atoms with Crippen LogP contribution in [0.1, 0.15) is 37.0 Å². The molecule has 3 N–H and O–H groups in total. The fraction of sp³-hybridized carbons (Fsp3) is 0.562. The molecule has 104 valence electrons. The van der Waals surface area contributed by atoms with Crippen LogP contribution in [0.15, 0.2) is 18.2 Å². The van der Waals surface area contributed by atoms with Crippen LogP contribution in [0.3, 0.4) is 0 Å². The first-order chi connectivity index (χ1) is 8.97. The smallest absolute Gasteiger partial charge is 0.122 e. The van der Waals surface area contributed by atoms with Crippen LogP contribution in [-0.2, 0) is 6.54 Å². The third kappa shape index (κ3) is 3.35. The monoisotopic (exact) mass is 259 g/mol. The predicted octanol–water partition coefficient (Wildman–Crippen LogP) is 2.76. The Kier molecular flexibility index (Phi) is 4.25. The molecule has 0 spiro atoms. The van der Waals surface area contributed by atoms with Crippen LogP contribution in [0, 0.1) is 24.2 Å². The van der Waals surface area contributed by atoms with E-state index in [0.29, 0.717) is 0 Å². The Bertz CT molecular complexity index is 465. The molecule has 0 radical (unpaired) electrons. The topological polar surface area (TPSA) is 53.1 Å². The Morgan fingerprint density at radius 2 is 2.21 bits per heavy atom. The summed E-state index contributed by atoms with van der Waals surface area (Å²) < 4.78 is 0. The van der Waals surface area contributed by atoms with Crippen molar-refractivity contribution in [2.75, 3.05) is 13.1 Å². The Morgan fingerprint density at radius 3 is 2.74 bits per heavy atom. The lowest BCUT2D eigenvalue weighted by molar-refractivity contribution is 0.296. The molecule has 3 heteroatoms. The molecule has 19 heavy (non-hydrogen) atoms. The van der Waals surface area contributed by atoms with Crippen molar-refractivity contribution in [3.63, 3.8) is 0 Å². The van der Waals surface area contributed by atoms with Gasteiger partial charge in [-0.3, -0.25) is 10.3 Å². The first kappa shape index (κ1) is 14.1. The van der Waals surface area contributed by atoms with Gasteiger partial charge in [0.05, 0.1) is 0 Å². The van der Waals surface area contributed by atoms with Crippen LogP contribution < -0.4 is 5.73 Å². The van der Waals surface area contributed by atoms with Crippen molar-refractivity contribution in [3.8, 4) is 0 Å². The largest absolute Gasteiger partial charge is 0.384 e. The third-order valence-corrected chi connectivity index (χ3v) is 4.30. The maximum absolute atomic E-state index is 7.47. The number of rotatable bonds is 4. The van der Waals surface area contributed by atoms with Gasteiger partial charge in [0, 0.05) is 18.7 Å². The maximum Gasteiger partial charge on any atom is 0.122 e. The standard InChI is InChI=1S/C16H25N3/c1-11(2)14-6-7-19(9-14)10-15-5-4-13(16(17)18)8-12(15)3/h4-5,8,11,14H,6-7,9-10H2,1-3H3,(H3,17,18). The third-order valence-electron chi connectivity index (χ3n) is 4.30. The highest BCUT2D eigenvalue weighted by atomic mass is 15.1. The Balaban J connectivity index is 2.02. The Morgan fingerprint density at radius 1 is 1.47 bits per heavy atom. The first-order valence-electron chi connectivity index (χ1n) is 7.13.